The van der Waals surface area contributed by atoms with Crippen molar-refractivity contribution in [3.05, 3.63) is 29.8 Å². The van der Waals surface area contributed by atoms with Crippen molar-refractivity contribution in [2.75, 3.05) is 32.0 Å². The molecule has 1 aromatic carbocycles. The van der Waals surface area contributed by atoms with Crippen LogP contribution in [-0.4, -0.2) is 42.8 Å². The van der Waals surface area contributed by atoms with Gasteiger partial charge in [-0.1, -0.05) is 12.1 Å². The van der Waals surface area contributed by atoms with Crippen LogP contribution in [0.15, 0.2) is 24.3 Å². The molecule has 0 bridgehead atoms. The third-order valence-electron chi connectivity index (χ3n) is 3.49. The van der Waals surface area contributed by atoms with Crippen molar-refractivity contribution in [3.8, 4) is 0 Å². The summed E-state index contributed by atoms with van der Waals surface area (Å²) in [6.07, 6.45) is 2.87. The highest BCUT2D eigenvalue weighted by Gasteiger charge is 2.16. The Morgan fingerprint density at radius 3 is 2.82 bits per heavy atom. The summed E-state index contributed by atoms with van der Waals surface area (Å²) >= 11 is 0. The number of rotatable bonds is 4. The standard InChI is InChI=1S/C14H22N2O/c1-15-13-4-2-3-12(11-13)5-8-16-9-6-14(17)7-10-16/h2-4,11,14-15,17H,5-10H2,1H3. The second kappa shape index (κ2) is 6.03. The number of piperidine rings is 1. The van der Waals surface area contributed by atoms with Gasteiger partial charge in [0.2, 0.25) is 0 Å². The first-order valence-corrected chi connectivity index (χ1v) is 6.45. The van der Waals surface area contributed by atoms with Crippen LogP contribution in [0.1, 0.15) is 18.4 Å². The topological polar surface area (TPSA) is 35.5 Å². The van der Waals surface area contributed by atoms with Crippen molar-refractivity contribution in [1.82, 2.24) is 4.90 Å². The minimum Gasteiger partial charge on any atom is -0.393 e. The molecule has 1 aliphatic rings. The lowest BCUT2D eigenvalue weighted by molar-refractivity contribution is 0.0832. The normalized spacial score (nSPS) is 18.2. The highest BCUT2D eigenvalue weighted by Crippen LogP contribution is 2.13. The zero-order valence-corrected chi connectivity index (χ0v) is 10.5. The zero-order valence-electron chi connectivity index (χ0n) is 10.5. The molecule has 0 amide bonds. The van der Waals surface area contributed by atoms with Gasteiger partial charge in [0.1, 0.15) is 0 Å². The molecule has 3 heteroatoms. The molecular weight excluding hydrogens is 212 g/mol. The first-order chi connectivity index (χ1) is 8.28. The summed E-state index contributed by atoms with van der Waals surface area (Å²) in [6, 6.07) is 8.57. The Bertz CT molecular complexity index is 346. The molecule has 1 fully saturated rings. The second-order valence-corrected chi connectivity index (χ2v) is 4.77. The smallest absolute Gasteiger partial charge is 0.0564 e. The van der Waals surface area contributed by atoms with E-state index in [0.717, 1.165) is 38.9 Å². The molecule has 0 atom stereocenters. The van der Waals surface area contributed by atoms with Gasteiger partial charge in [-0.15, -0.1) is 0 Å². The Balaban J connectivity index is 1.81. The SMILES string of the molecule is CNc1cccc(CCN2CCC(O)CC2)c1. The Hall–Kier alpha value is -1.06. The van der Waals surface area contributed by atoms with Gasteiger partial charge in [-0.05, 0) is 37.0 Å². The van der Waals surface area contributed by atoms with Crippen LogP contribution in [0.4, 0.5) is 5.69 Å². The van der Waals surface area contributed by atoms with Crippen LogP contribution in [0, 0.1) is 0 Å². The summed E-state index contributed by atoms with van der Waals surface area (Å²) in [5.41, 5.74) is 2.56. The molecule has 1 saturated heterocycles. The number of aliphatic hydroxyl groups is 1. The van der Waals surface area contributed by atoms with Crippen LogP contribution in [0.25, 0.3) is 0 Å². The molecule has 2 rings (SSSR count). The number of hydrogen-bond acceptors (Lipinski definition) is 3. The van der Waals surface area contributed by atoms with Gasteiger partial charge in [-0.25, -0.2) is 0 Å². The van der Waals surface area contributed by atoms with Crippen molar-refractivity contribution in [2.24, 2.45) is 0 Å². The molecule has 0 spiro atoms. The number of hydrogen-bond donors (Lipinski definition) is 2. The quantitative estimate of drug-likeness (QED) is 0.833. The van der Waals surface area contributed by atoms with Gasteiger partial charge in [-0.3, -0.25) is 0 Å². The van der Waals surface area contributed by atoms with E-state index < -0.39 is 0 Å². The number of anilines is 1. The third kappa shape index (κ3) is 3.72. The average molecular weight is 234 g/mol. The second-order valence-electron chi connectivity index (χ2n) is 4.77. The molecule has 1 aliphatic heterocycles. The number of nitrogens with zero attached hydrogens (tertiary/aromatic N) is 1. The molecule has 94 valence electrons. The molecule has 0 aliphatic carbocycles. The van der Waals surface area contributed by atoms with Crippen molar-refractivity contribution < 1.29 is 5.11 Å². The molecule has 17 heavy (non-hydrogen) atoms. The lowest BCUT2D eigenvalue weighted by Crippen LogP contribution is -2.37. The summed E-state index contributed by atoms with van der Waals surface area (Å²) in [7, 11) is 1.95. The fourth-order valence-corrected chi connectivity index (χ4v) is 2.31. The summed E-state index contributed by atoms with van der Waals surface area (Å²) in [6.45, 7) is 3.17. The first kappa shape index (κ1) is 12.4. The van der Waals surface area contributed by atoms with E-state index >= 15 is 0 Å². The van der Waals surface area contributed by atoms with Gasteiger partial charge < -0.3 is 15.3 Å². The van der Waals surface area contributed by atoms with Gasteiger partial charge in [0.15, 0.2) is 0 Å². The molecule has 0 saturated carbocycles. The molecule has 0 radical (unpaired) electrons. The maximum Gasteiger partial charge on any atom is 0.0564 e. The number of nitrogens with one attached hydrogen (secondary N) is 1. The van der Waals surface area contributed by atoms with E-state index in [0.29, 0.717) is 0 Å². The lowest BCUT2D eigenvalue weighted by atomic mass is 10.1. The fraction of sp³-hybridized carbons (Fsp3) is 0.571. The van der Waals surface area contributed by atoms with Gasteiger partial charge in [0.05, 0.1) is 6.10 Å². The summed E-state index contributed by atoms with van der Waals surface area (Å²) < 4.78 is 0. The van der Waals surface area contributed by atoms with Crippen molar-refractivity contribution in [3.63, 3.8) is 0 Å². The summed E-state index contributed by atoms with van der Waals surface area (Å²) in [5.74, 6) is 0. The van der Waals surface area contributed by atoms with Crippen LogP contribution < -0.4 is 5.32 Å². The predicted octanol–water partition coefficient (Wildman–Crippen LogP) is 1.73. The predicted molar refractivity (Wildman–Crippen MR) is 71.4 cm³/mol. The molecule has 3 nitrogen and oxygen atoms in total. The molecule has 0 unspecified atom stereocenters. The van der Waals surface area contributed by atoms with E-state index in [1.807, 2.05) is 7.05 Å². The highest BCUT2D eigenvalue weighted by atomic mass is 16.3. The Labute approximate surface area is 103 Å². The monoisotopic (exact) mass is 234 g/mol. The van der Waals surface area contributed by atoms with Gasteiger partial charge in [0.25, 0.3) is 0 Å². The van der Waals surface area contributed by atoms with E-state index in [-0.39, 0.29) is 6.10 Å². The van der Waals surface area contributed by atoms with Crippen molar-refractivity contribution in [1.29, 1.82) is 0 Å². The Morgan fingerprint density at radius 2 is 2.12 bits per heavy atom. The van der Waals surface area contributed by atoms with Crippen LogP contribution >= 0.6 is 0 Å². The number of aliphatic hydroxyl groups excluding tert-OH is 1. The maximum atomic E-state index is 9.45. The Kier molecular flexibility index (Phi) is 4.40. The molecule has 1 heterocycles. The van der Waals surface area contributed by atoms with Gasteiger partial charge in [0, 0.05) is 32.4 Å². The van der Waals surface area contributed by atoms with Crippen molar-refractivity contribution >= 4 is 5.69 Å². The third-order valence-corrected chi connectivity index (χ3v) is 3.49. The van der Waals surface area contributed by atoms with E-state index in [4.69, 9.17) is 0 Å². The fourth-order valence-electron chi connectivity index (χ4n) is 2.31. The van der Waals surface area contributed by atoms with Crippen LogP contribution in [0.5, 0.6) is 0 Å². The average Bonchev–Trinajstić information content (AvgIpc) is 2.38. The lowest BCUT2D eigenvalue weighted by Gasteiger charge is -2.29. The summed E-state index contributed by atoms with van der Waals surface area (Å²) in [4.78, 5) is 2.44. The van der Waals surface area contributed by atoms with E-state index in [1.54, 1.807) is 0 Å². The van der Waals surface area contributed by atoms with Gasteiger partial charge in [-0.2, -0.15) is 0 Å². The molecular formula is C14H22N2O. The molecule has 0 aromatic heterocycles. The summed E-state index contributed by atoms with van der Waals surface area (Å²) in [5, 5.41) is 12.6. The van der Waals surface area contributed by atoms with Crippen LogP contribution in [-0.2, 0) is 6.42 Å². The molecule has 2 N–H and O–H groups in total. The number of benzene rings is 1. The Morgan fingerprint density at radius 1 is 1.35 bits per heavy atom. The largest absolute Gasteiger partial charge is 0.393 e. The minimum atomic E-state index is -0.0705. The zero-order chi connectivity index (χ0) is 12.1. The minimum absolute atomic E-state index is 0.0705. The first-order valence-electron chi connectivity index (χ1n) is 6.45. The van der Waals surface area contributed by atoms with Crippen LogP contribution in [0.2, 0.25) is 0 Å². The van der Waals surface area contributed by atoms with E-state index in [1.165, 1.54) is 11.3 Å². The van der Waals surface area contributed by atoms with E-state index in [2.05, 4.69) is 34.5 Å². The number of likely N-dealkylation sites (tertiary alicyclic amines) is 1. The van der Waals surface area contributed by atoms with Gasteiger partial charge >= 0.3 is 0 Å². The highest BCUT2D eigenvalue weighted by molar-refractivity contribution is 5.45. The van der Waals surface area contributed by atoms with Crippen molar-refractivity contribution in [2.45, 2.75) is 25.4 Å². The maximum absolute atomic E-state index is 9.45. The van der Waals surface area contributed by atoms with Crippen LogP contribution in [0.3, 0.4) is 0 Å². The molecule has 1 aromatic rings. The van der Waals surface area contributed by atoms with E-state index in [9.17, 15) is 5.11 Å².